The number of carbonyl (C=O) groups is 1. The first kappa shape index (κ1) is 11.1. The lowest BCUT2D eigenvalue weighted by Crippen LogP contribution is -2.14. The summed E-state index contributed by atoms with van der Waals surface area (Å²) in [5.74, 6) is -0.551. The molecule has 7 nitrogen and oxygen atoms in total. The molecule has 1 amide bonds. The van der Waals surface area contributed by atoms with E-state index in [9.17, 15) is 4.79 Å². The highest BCUT2D eigenvalue weighted by Crippen LogP contribution is 2.32. The molecule has 90 valence electrons. The van der Waals surface area contributed by atoms with Gasteiger partial charge in [-0.1, -0.05) is 11.6 Å². The van der Waals surface area contributed by atoms with Gasteiger partial charge in [-0.25, -0.2) is 4.98 Å². The van der Waals surface area contributed by atoms with E-state index in [2.05, 4.69) is 30.9 Å². The molecule has 0 saturated carbocycles. The van der Waals surface area contributed by atoms with Gasteiger partial charge in [-0.3, -0.25) is 4.79 Å². The Morgan fingerprint density at radius 3 is 3.11 bits per heavy atom. The maximum absolute atomic E-state index is 11.8. The number of hydrogen-bond donors (Lipinski definition) is 2. The zero-order chi connectivity index (χ0) is 12.5. The van der Waals surface area contributed by atoms with Gasteiger partial charge in [0.2, 0.25) is 0 Å². The maximum atomic E-state index is 11.8. The number of aromatic amines is 1. The van der Waals surface area contributed by atoms with E-state index in [0.717, 1.165) is 4.70 Å². The van der Waals surface area contributed by atoms with Crippen LogP contribution >= 0.6 is 22.9 Å². The van der Waals surface area contributed by atoms with E-state index >= 15 is 0 Å². The third-order valence-corrected chi connectivity index (χ3v) is 3.35. The predicted octanol–water partition coefficient (Wildman–Crippen LogP) is 1.72. The molecule has 18 heavy (non-hydrogen) atoms. The Hall–Kier alpha value is -2.06. The molecule has 0 aliphatic rings. The van der Waals surface area contributed by atoms with Gasteiger partial charge in [0.1, 0.15) is 5.52 Å². The number of amides is 1. The summed E-state index contributed by atoms with van der Waals surface area (Å²) in [6.45, 7) is 0. The lowest BCUT2D eigenvalue weighted by atomic mass is 10.3. The molecular formula is C9H5ClN6OS. The Kier molecular flexibility index (Phi) is 2.65. The summed E-state index contributed by atoms with van der Waals surface area (Å²) in [6, 6.07) is 3.55. The van der Waals surface area contributed by atoms with Crippen LogP contribution in [0, 0.1) is 0 Å². The largest absolute Gasteiger partial charge is 0.316 e. The van der Waals surface area contributed by atoms with Gasteiger partial charge in [-0.05, 0) is 17.3 Å². The molecule has 0 aliphatic heterocycles. The van der Waals surface area contributed by atoms with Gasteiger partial charge in [0.15, 0.2) is 0 Å². The summed E-state index contributed by atoms with van der Waals surface area (Å²) in [4.78, 5) is 16.0. The van der Waals surface area contributed by atoms with Crippen LogP contribution in [0.1, 0.15) is 10.6 Å². The Balaban J connectivity index is 2.02. The number of tetrazole rings is 1. The summed E-state index contributed by atoms with van der Waals surface area (Å²) in [7, 11) is 0. The molecule has 0 unspecified atom stereocenters. The van der Waals surface area contributed by atoms with Crippen molar-refractivity contribution in [2.75, 3.05) is 5.32 Å². The van der Waals surface area contributed by atoms with Crippen molar-refractivity contribution in [1.29, 1.82) is 0 Å². The number of nitrogens with zero attached hydrogens (tertiary/aromatic N) is 4. The van der Waals surface area contributed by atoms with E-state index in [1.165, 1.54) is 11.3 Å². The molecule has 0 fully saturated rings. The van der Waals surface area contributed by atoms with Crippen molar-refractivity contribution < 1.29 is 4.79 Å². The fourth-order valence-electron chi connectivity index (χ4n) is 1.45. The normalized spacial score (nSPS) is 10.7. The second-order valence-electron chi connectivity index (χ2n) is 3.31. The number of benzene rings is 1. The zero-order valence-electron chi connectivity index (χ0n) is 8.72. The predicted molar refractivity (Wildman–Crippen MR) is 66.8 cm³/mol. The number of halogens is 1. The van der Waals surface area contributed by atoms with Crippen molar-refractivity contribution in [2.24, 2.45) is 0 Å². The Morgan fingerprint density at radius 1 is 1.44 bits per heavy atom. The van der Waals surface area contributed by atoms with Crippen LogP contribution in [0.25, 0.3) is 10.2 Å². The fourth-order valence-corrected chi connectivity index (χ4v) is 2.34. The van der Waals surface area contributed by atoms with Crippen LogP contribution in [0.15, 0.2) is 17.6 Å². The maximum Gasteiger partial charge on any atom is 0.297 e. The molecule has 3 aromatic rings. The molecular weight excluding hydrogens is 276 g/mol. The van der Waals surface area contributed by atoms with Crippen molar-refractivity contribution in [2.45, 2.75) is 0 Å². The molecule has 0 aliphatic carbocycles. The van der Waals surface area contributed by atoms with Crippen molar-refractivity contribution >= 4 is 44.7 Å². The first-order chi connectivity index (χ1) is 8.75. The average molecular weight is 281 g/mol. The first-order valence-electron chi connectivity index (χ1n) is 4.82. The van der Waals surface area contributed by atoms with Crippen molar-refractivity contribution in [1.82, 2.24) is 25.6 Å². The lowest BCUT2D eigenvalue weighted by molar-refractivity contribution is 0.101. The van der Waals surface area contributed by atoms with Gasteiger partial charge in [-0.15, -0.1) is 21.5 Å². The number of thiazole rings is 1. The summed E-state index contributed by atoms with van der Waals surface area (Å²) in [5.41, 5.74) is 2.78. The summed E-state index contributed by atoms with van der Waals surface area (Å²) < 4.78 is 0.933. The van der Waals surface area contributed by atoms with Crippen LogP contribution in [0.3, 0.4) is 0 Å². The standard InChI is InChI=1S/C9H5ClN6OS/c10-4-1-2-5-7(11-3-18-5)6(4)12-9(17)8-13-15-16-14-8/h1-3H,(H,12,17)(H,13,14,15,16). The van der Waals surface area contributed by atoms with E-state index in [1.54, 1.807) is 11.6 Å². The third kappa shape index (κ3) is 1.81. The van der Waals surface area contributed by atoms with Crippen LogP contribution < -0.4 is 5.32 Å². The quantitative estimate of drug-likeness (QED) is 0.745. The number of H-pyrrole nitrogens is 1. The van der Waals surface area contributed by atoms with E-state index in [0.29, 0.717) is 16.2 Å². The number of hydrogen-bond acceptors (Lipinski definition) is 6. The Morgan fingerprint density at radius 2 is 2.33 bits per heavy atom. The molecule has 0 radical (unpaired) electrons. The molecule has 0 saturated heterocycles. The highest BCUT2D eigenvalue weighted by Gasteiger charge is 2.16. The number of aromatic nitrogens is 5. The van der Waals surface area contributed by atoms with E-state index < -0.39 is 5.91 Å². The average Bonchev–Trinajstić information content (AvgIpc) is 3.02. The van der Waals surface area contributed by atoms with Crippen LogP contribution in [-0.4, -0.2) is 31.5 Å². The van der Waals surface area contributed by atoms with Gasteiger partial charge in [-0.2, -0.15) is 5.21 Å². The molecule has 9 heteroatoms. The summed E-state index contributed by atoms with van der Waals surface area (Å²) in [5, 5.41) is 15.7. The highest BCUT2D eigenvalue weighted by molar-refractivity contribution is 7.16. The van der Waals surface area contributed by atoms with Gasteiger partial charge in [0.05, 0.1) is 20.9 Å². The molecule has 2 aromatic heterocycles. The van der Waals surface area contributed by atoms with E-state index in [-0.39, 0.29) is 5.82 Å². The smallest absolute Gasteiger partial charge is 0.297 e. The van der Waals surface area contributed by atoms with Gasteiger partial charge >= 0.3 is 0 Å². The van der Waals surface area contributed by atoms with Gasteiger partial charge in [0.25, 0.3) is 11.7 Å². The second-order valence-corrected chi connectivity index (χ2v) is 4.60. The minimum absolute atomic E-state index is 0.0571. The number of anilines is 1. The van der Waals surface area contributed by atoms with Crippen molar-refractivity contribution in [3.05, 3.63) is 28.5 Å². The SMILES string of the molecule is O=C(Nc1c(Cl)ccc2scnc12)c1nn[nH]n1. The van der Waals surface area contributed by atoms with Crippen molar-refractivity contribution in [3.63, 3.8) is 0 Å². The minimum atomic E-state index is -0.494. The number of carbonyl (C=O) groups excluding carboxylic acids is 1. The van der Waals surface area contributed by atoms with Gasteiger partial charge in [0, 0.05) is 0 Å². The number of nitrogens with one attached hydrogen (secondary N) is 2. The molecule has 0 spiro atoms. The molecule has 1 aromatic carbocycles. The number of rotatable bonds is 2. The first-order valence-corrected chi connectivity index (χ1v) is 6.08. The zero-order valence-corrected chi connectivity index (χ0v) is 10.3. The highest BCUT2D eigenvalue weighted by atomic mass is 35.5. The summed E-state index contributed by atoms with van der Waals surface area (Å²) >= 11 is 7.52. The topological polar surface area (TPSA) is 96.5 Å². The van der Waals surface area contributed by atoms with Crippen molar-refractivity contribution in [3.8, 4) is 0 Å². The van der Waals surface area contributed by atoms with Crippen LogP contribution in [0.4, 0.5) is 5.69 Å². The molecule has 0 atom stereocenters. The lowest BCUT2D eigenvalue weighted by Gasteiger charge is -2.05. The molecule has 2 N–H and O–H groups in total. The minimum Gasteiger partial charge on any atom is -0.316 e. The van der Waals surface area contributed by atoms with Gasteiger partial charge < -0.3 is 5.32 Å². The third-order valence-electron chi connectivity index (χ3n) is 2.24. The molecule has 2 heterocycles. The Labute approximate surface area is 109 Å². The fraction of sp³-hybridized carbons (Fsp3) is 0. The van der Waals surface area contributed by atoms with Crippen LogP contribution in [0.2, 0.25) is 5.02 Å². The second kappa shape index (κ2) is 4.31. The monoisotopic (exact) mass is 280 g/mol. The number of fused-ring (bicyclic) bond motifs is 1. The van der Waals surface area contributed by atoms with E-state index in [4.69, 9.17) is 11.6 Å². The molecule has 0 bridgehead atoms. The summed E-state index contributed by atoms with van der Waals surface area (Å²) in [6.07, 6.45) is 0. The van der Waals surface area contributed by atoms with Crippen LogP contribution in [-0.2, 0) is 0 Å². The van der Waals surface area contributed by atoms with E-state index in [1.807, 2.05) is 6.07 Å². The van der Waals surface area contributed by atoms with Crippen LogP contribution in [0.5, 0.6) is 0 Å². The molecule has 3 rings (SSSR count). The Bertz CT molecular complexity index is 709.